The van der Waals surface area contributed by atoms with Gasteiger partial charge in [-0.3, -0.25) is 4.99 Å². The van der Waals surface area contributed by atoms with E-state index in [2.05, 4.69) is 21.1 Å². The van der Waals surface area contributed by atoms with Gasteiger partial charge in [0.2, 0.25) is 10.0 Å². The van der Waals surface area contributed by atoms with Gasteiger partial charge in [0.15, 0.2) is 5.96 Å². The minimum absolute atomic E-state index is 0.412. The van der Waals surface area contributed by atoms with Crippen LogP contribution in [0.1, 0.15) is 25.0 Å². The Hall–Kier alpha value is -1.80. The monoisotopic (exact) mass is 384 g/mol. The Balaban J connectivity index is 2.52. The maximum absolute atomic E-state index is 11.4. The fourth-order valence-corrected chi connectivity index (χ4v) is 3.72. The van der Waals surface area contributed by atoms with Gasteiger partial charge in [-0.25, -0.2) is 13.1 Å². The van der Waals surface area contributed by atoms with Crippen molar-refractivity contribution >= 4 is 16.0 Å². The van der Waals surface area contributed by atoms with Gasteiger partial charge in [-0.05, 0) is 51.0 Å². The molecular formula is C18H32N4O3S. The number of benzene rings is 1. The summed E-state index contributed by atoms with van der Waals surface area (Å²) in [6.45, 7) is 9.30. The van der Waals surface area contributed by atoms with Crippen molar-refractivity contribution in [3.63, 3.8) is 0 Å². The summed E-state index contributed by atoms with van der Waals surface area (Å²) < 4.78 is 31.3. The molecule has 0 aliphatic heterocycles. The summed E-state index contributed by atoms with van der Waals surface area (Å²) >= 11 is 0. The van der Waals surface area contributed by atoms with Crippen LogP contribution in [0.15, 0.2) is 23.2 Å². The summed E-state index contributed by atoms with van der Waals surface area (Å²) in [5.74, 6) is 1.54. The highest BCUT2D eigenvalue weighted by atomic mass is 32.2. The van der Waals surface area contributed by atoms with E-state index in [1.807, 2.05) is 51.8 Å². The highest BCUT2D eigenvalue weighted by Crippen LogP contribution is 2.16. The molecule has 0 aliphatic carbocycles. The Bertz CT molecular complexity index is 710. The number of rotatable bonds is 8. The lowest BCUT2D eigenvalue weighted by Gasteiger charge is -2.29. The molecule has 1 aromatic rings. The molecule has 8 heteroatoms. The summed E-state index contributed by atoms with van der Waals surface area (Å²) in [7, 11) is 0.337. The zero-order chi connectivity index (χ0) is 20.0. The molecule has 0 unspecified atom stereocenters. The average Bonchev–Trinajstić information content (AvgIpc) is 2.44. The molecule has 0 fully saturated rings. The second-order valence-corrected chi connectivity index (χ2v) is 9.00. The van der Waals surface area contributed by atoms with Crippen molar-refractivity contribution in [2.75, 3.05) is 40.0 Å². The third-order valence-electron chi connectivity index (χ3n) is 3.61. The van der Waals surface area contributed by atoms with Crippen LogP contribution in [0.4, 0.5) is 0 Å². The number of ether oxygens (including phenoxy) is 1. The molecule has 0 radical (unpaired) electrons. The van der Waals surface area contributed by atoms with E-state index in [0.29, 0.717) is 25.7 Å². The first-order chi connectivity index (χ1) is 11.9. The van der Waals surface area contributed by atoms with Crippen LogP contribution in [-0.4, -0.2) is 64.9 Å². The van der Waals surface area contributed by atoms with Gasteiger partial charge >= 0.3 is 0 Å². The van der Waals surface area contributed by atoms with E-state index in [1.54, 1.807) is 7.05 Å². The third-order valence-corrected chi connectivity index (χ3v) is 4.54. The van der Waals surface area contributed by atoms with Crippen LogP contribution < -0.4 is 14.8 Å². The smallest absolute Gasteiger partial charge is 0.209 e. The van der Waals surface area contributed by atoms with Crippen LogP contribution in [0, 0.1) is 13.8 Å². The van der Waals surface area contributed by atoms with E-state index in [1.165, 1.54) is 11.1 Å². The summed E-state index contributed by atoms with van der Waals surface area (Å²) in [5.41, 5.74) is 1.72. The zero-order valence-corrected chi connectivity index (χ0v) is 17.7. The summed E-state index contributed by atoms with van der Waals surface area (Å²) in [4.78, 5) is 6.18. The number of guanidine groups is 1. The number of hydrogen-bond acceptors (Lipinski definition) is 4. The van der Waals surface area contributed by atoms with Crippen LogP contribution >= 0.6 is 0 Å². The molecule has 1 aromatic carbocycles. The predicted octanol–water partition coefficient (Wildman–Crippen LogP) is 1.52. The molecule has 1 rings (SSSR count). The van der Waals surface area contributed by atoms with Gasteiger partial charge < -0.3 is 15.0 Å². The number of aryl methyl sites for hydroxylation is 2. The largest absolute Gasteiger partial charge is 0.492 e. The van der Waals surface area contributed by atoms with Crippen molar-refractivity contribution in [3.8, 4) is 5.75 Å². The summed E-state index contributed by atoms with van der Waals surface area (Å²) in [5, 5.41) is 3.19. The number of likely N-dealkylation sites (N-methyl/N-ethyl adjacent to an activating group) is 1. The molecule has 0 atom stereocenters. The van der Waals surface area contributed by atoms with Crippen LogP contribution in [0.25, 0.3) is 0 Å². The normalized spacial score (nSPS) is 12.8. The van der Waals surface area contributed by atoms with Gasteiger partial charge in [0, 0.05) is 26.2 Å². The molecule has 0 saturated carbocycles. The van der Waals surface area contributed by atoms with E-state index in [4.69, 9.17) is 4.74 Å². The van der Waals surface area contributed by atoms with Crippen molar-refractivity contribution in [1.29, 1.82) is 0 Å². The number of sulfonamides is 1. The van der Waals surface area contributed by atoms with Crippen LogP contribution in [0.2, 0.25) is 0 Å². The topological polar surface area (TPSA) is 83.0 Å². The van der Waals surface area contributed by atoms with Gasteiger partial charge in [-0.2, -0.15) is 0 Å². The minimum Gasteiger partial charge on any atom is -0.492 e. The Kier molecular flexibility index (Phi) is 7.89. The van der Waals surface area contributed by atoms with Crippen molar-refractivity contribution < 1.29 is 13.2 Å². The van der Waals surface area contributed by atoms with Gasteiger partial charge in [0.1, 0.15) is 12.4 Å². The van der Waals surface area contributed by atoms with Gasteiger partial charge in [0.05, 0.1) is 12.8 Å². The van der Waals surface area contributed by atoms with Gasteiger partial charge in [0.25, 0.3) is 0 Å². The molecule has 0 spiro atoms. The van der Waals surface area contributed by atoms with E-state index < -0.39 is 15.6 Å². The maximum Gasteiger partial charge on any atom is 0.209 e. The average molecular weight is 385 g/mol. The van der Waals surface area contributed by atoms with E-state index in [9.17, 15) is 8.42 Å². The Labute approximate surface area is 157 Å². The predicted molar refractivity (Wildman–Crippen MR) is 107 cm³/mol. The van der Waals surface area contributed by atoms with Gasteiger partial charge in [-0.15, -0.1) is 0 Å². The summed E-state index contributed by atoms with van der Waals surface area (Å²) in [6.07, 6.45) is 1.15. The minimum atomic E-state index is -3.27. The Morgan fingerprint density at radius 1 is 1.23 bits per heavy atom. The fourth-order valence-electron chi connectivity index (χ4n) is 2.65. The lowest BCUT2D eigenvalue weighted by molar-refractivity contribution is 0.280. The van der Waals surface area contributed by atoms with E-state index in [-0.39, 0.29) is 0 Å². The second-order valence-electron chi connectivity index (χ2n) is 7.25. The molecule has 0 aromatic heterocycles. The molecule has 0 saturated heterocycles. The molecule has 0 aliphatic rings. The van der Waals surface area contributed by atoms with E-state index in [0.717, 1.165) is 12.0 Å². The first-order valence-corrected chi connectivity index (χ1v) is 10.4. The first kappa shape index (κ1) is 22.2. The lowest BCUT2D eigenvalue weighted by atomic mass is 10.1. The van der Waals surface area contributed by atoms with Crippen LogP contribution in [0.3, 0.4) is 0 Å². The SMILES string of the molecule is CN=C(NCC(C)(C)NS(C)(=O)=O)N(C)CCOc1cc(C)cc(C)c1. The van der Waals surface area contributed by atoms with Crippen molar-refractivity contribution in [3.05, 3.63) is 29.3 Å². The standard InChI is InChI=1S/C18H32N4O3S/c1-14-10-15(2)12-16(11-14)25-9-8-22(6)17(19-5)20-13-18(3,4)21-26(7,23)24/h10-12,21H,8-9,13H2,1-7H3,(H,19,20). The van der Waals surface area contributed by atoms with Crippen molar-refractivity contribution in [1.82, 2.24) is 14.9 Å². The number of aliphatic imine (C=N–C) groups is 1. The molecule has 0 amide bonds. The molecule has 2 N–H and O–H groups in total. The lowest BCUT2D eigenvalue weighted by Crippen LogP contribution is -2.53. The molecular weight excluding hydrogens is 352 g/mol. The Morgan fingerprint density at radius 2 is 1.81 bits per heavy atom. The second kappa shape index (κ2) is 9.23. The third kappa shape index (κ3) is 8.53. The van der Waals surface area contributed by atoms with Crippen LogP contribution in [0.5, 0.6) is 5.75 Å². The quantitative estimate of drug-likeness (QED) is 0.524. The van der Waals surface area contributed by atoms with E-state index >= 15 is 0 Å². The molecule has 148 valence electrons. The highest BCUT2D eigenvalue weighted by molar-refractivity contribution is 7.88. The van der Waals surface area contributed by atoms with Crippen molar-refractivity contribution in [2.24, 2.45) is 4.99 Å². The molecule has 26 heavy (non-hydrogen) atoms. The van der Waals surface area contributed by atoms with Crippen LogP contribution in [-0.2, 0) is 10.0 Å². The molecule has 7 nitrogen and oxygen atoms in total. The maximum atomic E-state index is 11.4. The first-order valence-electron chi connectivity index (χ1n) is 8.54. The fraction of sp³-hybridized carbons (Fsp3) is 0.611. The highest BCUT2D eigenvalue weighted by Gasteiger charge is 2.22. The number of hydrogen-bond donors (Lipinski definition) is 2. The zero-order valence-electron chi connectivity index (χ0n) is 16.9. The number of nitrogens with zero attached hydrogens (tertiary/aromatic N) is 2. The van der Waals surface area contributed by atoms with Gasteiger partial charge in [-0.1, -0.05) is 6.07 Å². The summed E-state index contributed by atoms with van der Waals surface area (Å²) in [6, 6.07) is 6.13. The number of nitrogens with one attached hydrogen (secondary N) is 2. The molecule has 0 heterocycles. The molecule has 0 bridgehead atoms. The van der Waals surface area contributed by atoms with Crippen molar-refractivity contribution in [2.45, 2.75) is 33.2 Å². The Morgan fingerprint density at radius 3 is 2.31 bits per heavy atom.